The molecular weight excluding hydrogens is 515 g/mol. The number of nitrogens with zero attached hydrogens (tertiary/aromatic N) is 2. The number of anilines is 1. The molecule has 2 rings (SSSR count). The molecule has 1 aliphatic rings. The van der Waals surface area contributed by atoms with Gasteiger partial charge in [-0.25, -0.2) is 4.98 Å². The first-order valence-electron chi connectivity index (χ1n) is 12.4. The van der Waals surface area contributed by atoms with Gasteiger partial charge in [-0.3, -0.25) is 9.59 Å². The molecule has 2 unspecified atom stereocenters. The summed E-state index contributed by atoms with van der Waals surface area (Å²) < 4.78 is 13.0. The molecule has 1 N–H and O–H groups in total. The van der Waals surface area contributed by atoms with E-state index >= 15 is 0 Å². The third-order valence-electron chi connectivity index (χ3n) is 6.56. The fourth-order valence-corrected chi connectivity index (χ4v) is 7.59. The van der Waals surface area contributed by atoms with Gasteiger partial charge in [-0.2, -0.15) is 0 Å². The third-order valence-corrected chi connectivity index (χ3v) is 13.8. The number of hydrogen-bond acceptors (Lipinski definition) is 8. The van der Waals surface area contributed by atoms with Crippen LogP contribution in [-0.2, 0) is 13.6 Å². The van der Waals surface area contributed by atoms with E-state index in [0.29, 0.717) is 17.6 Å². The van der Waals surface area contributed by atoms with Crippen LogP contribution in [0.3, 0.4) is 0 Å². The van der Waals surface area contributed by atoms with Gasteiger partial charge in [0.25, 0.3) is 5.91 Å². The molecule has 0 bridgehead atoms. The van der Waals surface area contributed by atoms with Crippen molar-refractivity contribution in [1.29, 1.82) is 0 Å². The van der Waals surface area contributed by atoms with Gasteiger partial charge in [-0.1, -0.05) is 53.3 Å². The minimum Gasteiger partial charge on any atom is -0.415 e. The maximum Gasteiger partial charge on any atom is 0.271 e. The van der Waals surface area contributed by atoms with E-state index in [0.717, 1.165) is 18.2 Å². The van der Waals surface area contributed by atoms with E-state index < -0.39 is 17.4 Å². The van der Waals surface area contributed by atoms with E-state index in [1.54, 1.807) is 6.92 Å². The van der Waals surface area contributed by atoms with Crippen LogP contribution in [0, 0.1) is 5.41 Å². The zero-order chi connectivity index (χ0) is 26.8. The van der Waals surface area contributed by atoms with Crippen LogP contribution in [0.15, 0.2) is 5.38 Å². The van der Waals surface area contributed by atoms with Crippen LogP contribution < -0.4 is 10.2 Å². The highest BCUT2D eigenvalue weighted by atomic mass is 32.2. The number of rotatable bonds is 10. The summed E-state index contributed by atoms with van der Waals surface area (Å²) in [5, 5.41) is 6.37. The standard InChI is InChI=1S/C24H45N3O4S2Si2/c1-16(28)33-17-12-27(13-17)22-26-19(15-32-22)21(29)25-18(14-30-35(10,11)24(5,6)7)20(23(2,3)4)31-34(8)9/h15,17-18,20,34H,12-14H2,1-11H3,(H,25,29). The lowest BCUT2D eigenvalue weighted by Gasteiger charge is -2.42. The van der Waals surface area contributed by atoms with Crippen molar-refractivity contribution in [2.24, 2.45) is 5.41 Å². The van der Waals surface area contributed by atoms with Crippen molar-refractivity contribution < 1.29 is 18.4 Å². The molecule has 1 aliphatic heterocycles. The Hall–Kier alpha value is -0.726. The second-order valence-corrected chi connectivity index (χ2v) is 21.8. The van der Waals surface area contributed by atoms with E-state index in [9.17, 15) is 9.59 Å². The highest BCUT2D eigenvalue weighted by molar-refractivity contribution is 8.14. The largest absolute Gasteiger partial charge is 0.415 e. The van der Waals surface area contributed by atoms with Crippen molar-refractivity contribution in [2.75, 3.05) is 24.6 Å². The van der Waals surface area contributed by atoms with Crippen molar-refractivity contribution in [3.63, 3.8) is 0 Å². The Morgan fingerprint density at radius 3 is 2.34 bits per heavy atom. The molecule has 2 heterocycles. The Bertz CT molecular complexity index is 875. The van der Waals surface area contributed by atoms with E-state index in [1.165, 1.54) is 23.1 Å². The molecule has 11 heteroatoms. The van der Waals surface area contributed by atoms with Gasteiger partial charge in [-0.05, 0) is 36.6 Å². The van der Waals surface area contributed by atoms with Crippen LogP contribution in [0.1, 0.15) is 59.0 Å². The molecule has 1 fully saturated rings. The smallest absolute Gasteiger partial charge is 0.271 e. The fourth-order valence-electron chi connectivity index (χ4n) is 3.57. The Labute approximate surface area is 223 Å². The molecule has 0 radical (unpaired) electrons. The highest BCUT2D eigenvalue weighted by Gasteiger charge is 2.41. The van der Waals surface area contributed by atoms with E-state index in [4.69, 9.17) is 8.85 Å². The lowest BCUT2D eigenvalue weighted by molar-refractivity contribution is -0.109. The third kappa shape index (κ3) is 8.67. The molecule has 7 nitrogen and oxygen atoms in total. The van der Waals surface area contributed by atoms with E-state index in [1.807, 2.05) is 5.38 Å². The van der Waals surface area contributed by atoms with E-state index in [-0.39, 0.29) is 33.6 Å². The number of thioether (sulfide) groups is 1. The summed E-state index contributed by atoms with van der Waals surface area (Å²) >= 11 is 2.84. The topological polar surface area (TPSA) is 80.8 Å². The van der Waals surface area contributed by atoms with Gasteiger partial charge in [0.2, 0.25) is 0 Å². The van der Waals surface area contributed by atoms with E-state index in [2.05, 4.69) is 82.9 Å². The first-order valence-corrected chi connectivity index (χ1v) is 19.8. The zero-order valence-electron chi connectivity index (χ0n) is 23.4. The van der Waals surface area contributed by atoms with Gasteiger partial charge in [0.1, 0.15) is 5.69 Å². The van der Waals surface area contributed by atoms with Crippen LogP contribution in [-0.4, -0.2) is 70.5 Å². The van der Waals surface area contributed by atoms with Crippen LogP contribution in [0.5, 0.6) is 0 Å². The molecule has 1 aromatic heterocycles. The predicted molar refractivity (Wildman–Crippen MR) is 154 cm³/mol. The average Bonchev–Trinajstić information content (AvgIpc) is 3.13. The van der Waals surface area contributed by atoms with Crippen LogP contribution >= 0.6 is 23.1 Å². The van der Waals surface area contributed by atoms with Crippen molar-refractivity contribution in [1.82, 2.24) is 10.3 Å². The maximum atomic E-state index is 13.3. The fraction of sp³-hybridized carbons (Fsp3) is 0.792. The molecule has 1 amide bonds. The van der Waals surface area contributed by atoms with Crippen molar-refractivity contribution in [2.45, 2.75) is 97.1 Å². The van der Waals surface area contributed by atoms with Gasteiger partial charge >= 0.3 is 0 Å². The van der Waals surface area contributed by atoms with Crippen LogP contribution in [0.4, 0.5) is 5.13 Å². The summed E-state index contributed by atoms with van der Waals surface area (Å²) in [7, 11) is -3.38. The Kier molecular flexibility index (Phi) is 10.3. The van der Waals surface area contributed by atoms with Crippen molar-refractivity contribution in [3.05, 3.63) is 11.1 Å². The number of amides is 1. The molecule has 35 heavy (non-hydrogen) atoms. The lowest BCUT2D eigenvalue weighted by Crippen LogP contribution is -2.55. The summed E-state index contributed by atoms with van der Waals surface area (Å²) in [5.74, 6) is -0.199. The zero-order valence-corrected chi connectivity index (χ0v) is 27.1. The number of carbonyl (C=O) groups is 2. The molecule has 200 valence electrons. The summed E-state index contributed by atoms with van der Waals surface area (Å²) in [6.07, 6.45) is -0.166. The molecule has 0 aliphatic carbocycles. The lowest BCUT2D eigenvalue weighted by atomic mass is 9.85. The van der Waals surface area contributed by atoms with Gasteiger partial charge < -0.3 is 19.1 Å². The maximum absolute atomic E-state index is 13.3. The minimum absolute atomic E-state index is 0.0754. The molecule has 1 aromatic rings. The predicted octanol–water partition coefficient (Wildman–Crippen LogP) is 5.15. The Morgan fingerprint density at radius 2 is 1.86 bits per heavy atom. The minimum atomic E-state index is -2.01. The van der Waals surface area contributed by atoms with Crippen molar-refractivity contribution in [3.8, 4) is 0 Å². The first-order chi connectivity index (χ1) is 15.9. The number of aromatic nitrogens is 1. The molecule has 0 aromatic carbocycles. The van der Waals surface area contributed by atoms with Gasteiger partial charge in [0.15, 0.2) is 27.6 Å². The number of carbonyl (C=O) groups excluding carboxylic acids is 2. The average molecular weight is 560 g/mol. The van der Waals surface area contributed by atoms with Gasteiger partial charge in [0.05, 0.1) is 18.8 Å². The molecular formula is C24H45N3O4S2Si2. The number of thiazole rings is 1. The summed E-state index contributed by atoms with van der Waals surface area (Å²) in [5.41, 5.74) is 0.250. The molecule has 1 saturated heterocycles. The van der Waals surface area contributed by atoms with Gasteiger partial charge in [-0.15, -0.1) is 11.3 Å². The summed E-state index contributed by atoms with van der Waals surface area (Å²) in [6, 6.07) is -0.281. The second-order valence-electron chi connectivity index (χ2n) is 12.3. The summed E-state index contributed by atoms with van der Waals surface area (Å²) in [4.78, 5) is 31.4. The monoisotopic (exact) mass is 559 g/mol. The van der Waals surface area contributed by atoms with Crippen molar-refractivity contribution >= 4 is 56.6 Å². The number of hydrogen-bond donors (Lipinski definition) is 1. The van der Waals surface area contributed by atoms with Crippen LogP contribution in [0.2, 0.25) is 31.2 Å². The van der Waals surface area contributed by atoms with Gasteiger partial charge in [0, 0.05) is 30.6 Å². The Morgan fingerprint density at radius 1 is 1.26 bits per heavy atom. The normalized spacial score (nSPS) is 17.3. The Balaban J connectivity index is 2.17. The van der Waals surface area contributed by atoms with Crippen LogP contribution in [0.25, 0.3) is 0 Å². The number of nitrogens with one attached hydrogen (secondary N) is 1. The molecule has 0 spiro atoms. The highest BCUT2D eigenvalue weighted by Crippen LogP contribution is 2.37. The second kappa shape index (κ2) is 11.8. The first kappa shape index (κ1) is 30.5. The summed E-state index contributed by atoms with van der Waals surface area (Å²) in [6.45, 7) is 25.5. The quantitative estimate of drug-likeness (QED) is 0.397. The molecule has 2 atom stereocenters. The SMILES string of the molecule is CC(=O)SC1CN(c2nc(C(=O)NC(CO[Si](C)(C)C(C)(C)C)C(O[SiH](C)C)C(C)(C)C)cs2)C1. The molecule has 0 saturated carbocycles.